The zero-order valence-corrected chi connectivity index (χ0v) is 22.1. The molecule has 196 valence electrons. The van der Waals surface area contributed by atoms with Crippen molar-refractivity contribution in [3.05, 3.63) is 65.7 Å². The number of carbonyl (C=O) groups excluding carboxylic acids is 4. The summed E-state index contributed by atoms with van der Waals surface area (Å²) in [5, 5.41) is 2.85. The molecule has 3 atom stereocenters. The third kappa shape index (κ3) is 4.91. The van der Waals surface area contributed by atoms with E-state index in [-0.39, 0.29) is 24.2 Å². The Hall–Kier alpha value is -3.48. The molecular formula is C30H36N2O5. The predicted molar refractivity (Wildman–Crippen MR) is 141 cm³/mol. The van der Waals surface area contributed by atoms with Gasteiger partial charge in [0.15, 0.2) is 0 Å². The van der Waals surface area contributed by atoms with Gasteiger partial charge >= 0.3 is 5.97 Å². The summed E-state index contributed by atoms with van der Waals surface area (Å²) in [5.41, 5.74) is 0.380. The summed E-state index contributed by atoms with van der Waals surface area (Å²) in [7, 11) is 0. The Kier molecular flexibility index (Phi) is 7.53. The van der Waals surface area contributed by atoms with Gasteiger partial charge < -0.3 is 10.1 Å². The van der Waals surface area contributed by atoms with Gasteiger partial charge in [-0.25, -0.2) is 4.79 Å². The Morgan fingerprint density at radius 3 is 2.51 bits per heavy atom. The Balaban J connectivity index is 1.62. The number of anilines is 1. The quantitative estimate of drug-likeness (QED) is 0.295. The number of nitrogens with zero attached hydrogens (tertiary/aromatic N) is 1. The molecule has 2 aliphatic rings. The van der Waals surface area contributed by atoms with Crippen molar-refractivity contribution in [1.29, 1.82) is 0 Å². The summed E-state index contributed by atoms with van der Waals surface area (Å²) >= 11 is 0. The number of amides is 3. The average Bonchev–Trinajstić information content (AvgIpc) is 3.06. The lowest BCUT2D eigenvalue weighted by Crippen LogP contribution is -2.64. The molecule has 0 radical (unpaired) electrons. The van der Waals surface area contributed by atoms with Crippen LogP contribution in [0, 0.1) is 16.7 Å². The van der Waals surface area contributed by atoms with Crippen LogP contribution < -0.4 is 5.32 Å². The normalized spacial score (nSPS) is 23.0. The van der Waals surface area contributed by atoms with E-state index in [4.69, 9.17) is 4.74 Å². The highest BCUT2D eigenvalue weighted by molar-refractivity contribution is 6.09. The molecule has 2 bridgehead atoms. The number of ether oxygens (including phenoxy) is 1. The maximum atomic E-state index is 13.9. The van der Waals surface area contributed by atoms with Crippen molar-refractivity contribution in [2.75, 3.05) is 11.9 Å². The number of nitrogens with one attached hydrogen (secondary N) is 1. The molecule has 1 aliphatic carbocycles. The van der Waals surface area contributed by atoms with Gasteiger partial charge in [0, 0.05) is 18.0 Å². The second kappa shape index (κ2) is 10.5. The number of esters is 1. The highest BCUT2D eigenvalue weighted by Crippen LogP contribution is 2.60. The number of likely N-dealkylation sites (tertiary alicyclic amines) is 1. The maximum Gasteiger partial charge on any atom is 0.338 e. The van der Waals surface area contributed by atoms with Crippen LogP contribution in [0.5, 0.6) is 0 Å². The molecule has 1 saturated carbocycles. The van der Waals surface area contributed by atoms with E-state index in [9.17, 15) is 19.2 Å². The Bertz CT molecular complexity index is 1190. The summed E-state index contributed by atoms with van der Waals surface area (Å²) in [6, 6.07) is 14.9. The summed E-state index contributed by atoms with van der Waals surface area (Å²) < 4.78 is 5.29. The van der Waals surface area contributed by atoms with Crippen molar-refractivity contribution in [3.8, 4) is 0 Å². The number of benzene rings is 2. The van der Waals surface area contributed by atoms with Crippen LogP contribution in [0.2, 0.25) is 0 Å². The van der Waals surface area contributed by atoms with Crippen molar-refractivity contribution in [2.45, 2.75) is 65.8 Å². The smallest absolute Gasteiger partial charge is 0.338 e. The van der Waals surface area contributed by atoms with Gasteiger partial charge in [-0.3, -0.25) is 19.3 Å². The van der Waals surface area contributed by atoms with Crippen molar-refractivity contribution in [3.63, 3.8) is 0 Å². The minimum absolute atomic E-state index is 0.201. The van der Waals surface area contributed by atoms with Crippen LogP contribution in [0.25, 0.3) is 0 Å². The van der Waals surface area contributed by atoms with Gasteiger partial charge in [-0.15, -0.1) is 0 Å². The summed E-state index contributed by atoms with van der Waals surface area (Å²) in [6.45, 7) is 8.23. The lowest BCUT2D eigenvalue weighted by atomic mass is 9.62. The maximum absolute atomic E-state index is 13.9. The van der Waals surface area contributed by atoms with Gasteiger partial charge in [-0.2, -0.15) is 0 Å². The molecule has 2 aromatic carbocycles. The van der Waals surface area contributed by atoms with Crippen LogP contribution in [0.4, 0.5) is 5.69 Å². The molecule has 1 heterocycles. The van der Waals surface area contributed by atoms with E-state index >= 15 is 0 Å². The minimum Gasteiger partial charge on any atom is -0.462 e. The van der Waals surface area contributed by atoms with E-state index in [1.54, 1.807) is 24.3 Å². The molecule has 3 amide bonds. The number of unbranched alkanes of at least 4 members (excludes halogenated alkanes) is 1. The summed E-state index contributed by atoms with van der Waals surface area (Å²) in [6.07, 6.45) is 3.14. The van der Waals surface area contributed by atoms with Crippen LogP contribution >= 0.6 is 0 Å². The second-order valence-electron chi connectivity index (χ2n) is 10.9. The molecule has 1 aliphatic heterocycles. The molecular weight excluding hydrogens is 468 g/mol. The molecule has 3 unspecified atom stereocenters. The Labute approximate surface area is 218 Å². The molecule has 2 aromatic rings. The molecule has 37 heavy (non-hydrogen) atoms. The van der Waals surface area contributed by atoms with Crippen LogP contribution in [-0.2, 0) is 25.5 Å². The van der Waals surface area contributed by atoms with Gasteiger partial charge in [0.2, 0.25) is 17.7 Å². The largest absolute Gasteiger partial charge is 0.462 e. The number of rotatable bonds is 9. The van der Waals surface area contributed by atoms with Crippen LogP contribution in [0.3, 0.4) is 0 Å². The summed E-state index contributed by atoms with van der Waals surface area (Å²) in [4.78, 5) is 54.9. The zero-order valence-electron chi connectivity index (χ0n) is 22.1. The molecule has 4 rings (SSSR count). The fourth-order valence-electron chi connectivity index (χ4n) is 5.62. The highest BCUT2D eigenvalue weighted by Gasteiger charge is 2.65. The number of carbonyl (C=O) groups is 4. The standard InChI is InChI=1S/C30H36N2O5/c1-5-6-17-37-27(35)21-13-10-14-22(19-21)31-25(33)24(18-20-11-8-7-9-12-20)32-26(34)23-15-16-30(4,28(32)36)29(23,2)3/h7-14,19,23-24H,5-6,15-18H2,1-4H3,(H,31,33). The first-order valence-electron chi connectivity index (χ1n) is 13.1. The lowest BCUT2D eigenvalue weighted by Gasteiger charge is -2.49. The number of piperidine rings is 1. The first kappa shape index (κ1) is 26.6. The van der Waals surface area contributed by atoms with E-state index in [1.807, 2.05) is 58.0 Å². The SMILES string of the molecule is CCCCOC(=O)c1cccc(NC(=O)C(Cc2ccccc2)N2C(=O)C3CCC(C)(C2=O)C3(C)C)c1. The zero-order chi connectivity index (χ0) is 26.8. The van der Waals surface area contributed by atoms with Crippen LogP contribution in [-0.4, -0.2) is 41.2 Å². The van der Waals surface area contributed by atoms with Gasteiger partial charge in [0.25, 0.3) is 0 Å². The highest BCUT2D eigenvalue weighted by atomic mass is 16.5. The fourth-order valence-corrected chi connectivity index (χ4v) is 5.62. The third-order valence-electron chi connectivity index (χ3n) is 8.44. The first-order chi connectivity index (χ1) is 17.6. The average molecular weight is 505 g/mol. The second-order valence-corrected chi connectivity index (χ2v) is 10.9. The predicted octanol–water partition coefficient (Wildman–Crippen LogP) is 5.00. The Morgan fingerprint density at radius 1 is 1.08 bits per heavy atom. The van der Waals surface area contributed by atoms with E-state index in [1.165, 1.54) is 4.90 Å². The van der Waals surface area contributed by atoms with Crippen molar-refractivity contribution in [2.24, 2.45) is 16.7 Å². The topological polar surface area (TPSA) is 92.8 Å². The summed E-state index contributed by atoms with van der Waals surface area (Å²) in [5.74, 6) is -1.82. The van der Waals surface area contributed by atoms with E-state index in [0.717, 1.165) is 18.4 Å². The molecule has 1 N–H and O–H groups in total. The first-order valence-corrected chi connectivity index (χ1v) is 13.1. The monoisotopic (exact) mass is 504 g/mol. The van der Waals surface area contributed by atoms with E-state index in [0.29, 0.717) is 30.7 Å². The molecule has 7 heteroatoms. The third-order valence-corrected chi connectivity index (χ3v) is 8.44. The molecule has 0 aromatic heterocycles. The fraction of sp³-hybridized carbons (Fsp3) is 0.467. The lowest BCUT2D eigenvalue weighted by molar-refractivity contribution is -0.172. The van der Waals surface area contributed by atoms with Gasteiger partial charge in [0.1, 0.15) is 6.04 Å². The van der Waals surface area contributed by atoms with E-state index < -0.39 is 28.7 Å². The number of fused-ring (bicyclic) bond motifs is 2. The van der Waals surface area contributed by atoms with Crippen LogP contribution in [0.1, 0.15) is 69.3 Å². The minimum atomic E-state index is -1.02. The number of imide groups is 1. The molecule has 0 spiro atoms. The number of hydrogen-bond donors (Lipinski definition) is 1. The molecule has 1 saturated heterocycles. The van der Waals surface area contributed by atoms with Crippen molar-refractivity contribution in [1.82, 2.24) is 4.90 Å². The number of hydrogen-bond acceptors (Lipinski definition) is 5. The van der Waals surface area contributed by atoms with Crippen molar-refractivity contribution < 1.29 is 23.9 Å². The molecule has 7 nitrogen and oxygen atoms in total. The van der Waals surface area contributed by atoms with Gasteiger partial charge in [-0.1, -0.05) is 70.5 Å². The van der Waals surface area contributed by atoms with Crippen LogP contribution in [0.15, 0.2) is 54.6 Å². The van der Waals surface area contributed by atoms with Gasteiger partial charge in [-0.05, 0) is 48.4 Å². The van der Waals surface area contributed by atoms with Gasteiger partial charge in [0.05, 0.1) is 17.6 Å². The van der Waals surface area contributed by atoms with E-state index in [2.05, 4.69) is 5.32 Å². The van der Waals surface area contributed by atoms with Crippen molar-refractivity contribution >= 4 is 29.4 Å². The molecule has 2 fully saturated rings. The Morgan fingerprint density at radius 2 is 1.81 bits per heavy atom.